The molecule has 1 aliphatic rings. The van der Waals surface area contributed by atoms with Crippen molar-refractivity contribution in [1.82, 2.24) is 19.5 Å². The first-order valence-corrected chi connectivity index (χ1v) is 7.06. The number of carbonyl (C=O) groups is 1. The monoisotopic (exact) mass is 306 g/mol. The molecule has 0 atom stereocenters. The second-order valence-electron chi connectivity index (χ2n) is 5.06. The van der Waals surface area contributed by atoms with E-state index in [1.807, 2.05) is 0 Å². The maximum Gasteiger partial charge on any atom is 0.337 e. The molecule has 22 heavy (non-hydrogen) atoms. The number of rotatable bonds is 5. The van der Waals surface area contributed by atoms with E-state index < -0.39 is 5.97 Å². The van der Waals surface area contributed by atoms with Gasteiger partial charge in [0.1, 0.15) is 0 Å². The van der Waals surface area contributed by atoms with Crippen LogP contribution in [0.1, 0.15) is 10.4 Å². The topological polar surface area (TPSA) is 118 Å². The highest BCUT2D eigenvalue weighted by atomic mass is 16.5. The highest BCUT2D eigenvalue weighted by Gasteiger charge is 2.15. The van der Waals surface area contributed by atoms with Gasteiger partial charge in [-0.25, -0.2) is 9.31 Å². The summed E-state index contributed by atoms with van der Waals surface area (Å²) >= 11 is 0. The predicted octanol–water partition coefficient (Wildman–Crippen LogP) is -0.246. The summed E-state index contributed by atoms with van der Waals surface area (Å²) in [6, 6.07) is 1.46. The number of hydrogen-bond donors (Lipinski definition) is 3. The zero-order chi connectivity index (χ0) is 15.5. The normalized spacial score (nSPS) is 16.0. The van der Waals surface area contributed by atoms with E-state index >= 15 is 0 Å². The molecule has 1 saturated heterocycles. The van der Waals surface area contributed by atoms with Crippen LogP contribution in [0.4, 0.5) is 11.6 Å². The number of aromatic nitrogens is 3. The number of aromatic carboxylic acids is 1. The molecular formula is C13H18N6O3. The van der Waals surface area contributed by atoms with Crippen LogP contribution in [0.3, 0.4) is 0 Å². The van der Waals surface area contributed by atoms with E-state index in [4.69, 9.17) is 10.5 Å². The average Bonchev–Trinajstić information content (AvgIpc) is 2.86. The highest BCUT2D eigenvalue weighted by Crippen LogP contribution is 2.18. The van der Waals surface area contributed by atoms with Crippen molar-refractivity contribution in [1.29, 1.82) is 0 Å². The Bertz CT molecular complexity index is 680. The van der Waals surface area contributed by atoms with E-state index in [-0.39, 0.29) is 11.5 Å². The zero-order valence-corrected chi connectivity index (χ0v) is 12.0. The van der Waals surface area contributed by atoms with Gasteiger partial charge < -0.3 is 20.9 Å². The molecule has 1 aliphatic heterocycles. The van der Waals surface area contributed by atoms with Crippen molar-refractivity contribution in [3.8, 4) is 0 Å². The molecule has 9 heteroatoms. The second-order valence-corrected chi connectivity index (χ2v) is 5.06. The van der Waals surface area contributed by atoms with E-state index in [0.29, 0.717) is 17.9 Å². The van der Waals surface area contributed by atoms with Gasteiger partial charge in [0.05, 0.1) is 30.7 Å². The second kappa shape index (κ2) is 6.16. The van der Waals surface area contributed by atoms with Crippen molar-refractivity contribution in [3.05, 3.63) is 17.8 Å². The molecule has 0 aliphatic carbocycles. The van der Waals surface area contributed by atoms with Crippen LogP contribution >= 0.6 is 0 Å². The van der Waals surface area contributed by atoms with Crippen molar-refractivity contribution in [3.63, 3.8) is 0 Å². The maximum atomic E-state index is 11.4. The summed E-state index contributed by atoms with van der Waals surface area (Å²) in [5.41, 5.74) is 6.60. The molecule has 0 spiro atoms. The van der Waals surface area contributed by atoms with Crippen molar-refractivity contribution < 1.29 is 14.6 Å². The van der Waals surface area contributed by atoms with Crippen LogP contribution in [-0.4, -0.2) is 70.0 Å². The van der Waals surface area contributed by atoms with E-state index in [1.54, 1.807) is 6.20 Å². The number of nitrogens with two attached hydrogens (primary N) is 1. The van der Waals surface area contributed by atoms with E-state index in [2.05, 4.69) is 20.3 Å². The quantitative estimate of drug-likeness (QED) is 0.692. The molecule has 0 aromatic carbocycles. The van der Waals surface area contributed by atoms with Crippen molar-refractivity contribution >= 4 is 23.3 Å². The summed E-state index contributed by atoms with van der Waals surface area (Å²) in [5.74, 6) is -0.903. The lowest BCUT2D eigenvalue weighted by Gasteiger charge is -2.26. The van der Waals surface area contributed by atoms with Gasteiger partial charge in [0.2, 0.25) is 5.95 Å². The predicted molar refractivity (Wildman–Crippen MR) is 80.1 cm³/mol. The third-order valence-electron chi connectivity index (χ3n) is 3.57. The van der Waals surface area contributed by atoms with E-state index in [0.717, 1.165) is 32.8 Å². The fourth-order valence-electron chi connectivity index (χ4n) is 2.44. The minimum Gasteiger partial charge on any atom is -0.478 e. The average molecular weight is 306 g/mol. The summed E-state index contributed by atoms with van der Waals surface area (Å²) < 4.78 is 6.77. The molecule has 3 rings (SSSR count). The number of hydrogen-bond acceptors (Lipinski definition) is 7. The number of pyridine rings is 1. The molecule has 9 nitrogen and oxygen atoms in total. The number of fused-ring (bicyclic) bond motifs is 1. The SMILES string of the molecule is Nc1nc2cc(C(=O)O)c(NCCN3CCOCC3)cn2n1. The van der Waals surface area contributed by atoms with Gasteiger partial charge in [0.25, 0.3) is 0 Å². The van der Waals surface area contributed by atoms with Gasteiger partial charge in [0.15, 0.2) is 5.65 Å². The van der Waals surface area contributed by atoms with Gasteiger partial charge in [-0.2, -0.15) is 4.98 Å². The molecule has 118 valence electrons. The molecule has 0 bridgehead atoms. The molecule has 2 aromatic heterocycles. The Hall–Kier alpha value is -2.39. The maximum absolute atomic E-state index is 11.4. The molecule has 3 heterocycles. The van der Waals surface area contributed by atoms with Gasteiger partial charge in [-0.15, -0.1) is 5.10 Å². The number of anilines is 2. The van der Waals surface area contributed by atoms with Crippen molar-refractivity contribution in [2.45, 2.75) is 0 Å². The third kappa shape index (κ3) is 3.10. The lowest BCUT2D eigenvalue weighted by Crippen LogP contribution is -2.39. The van der Waals surface area contributed by atoms with Crippen molar-refractivity contribution in [2.24, 2.45) is 0 Å². The Morgan fingerprint density at radius 3 is 2.95 bits per heavy atom. The number of carboxylic acid groups (broad SMARTS) is 1. The van der Waals surface area contributed by atoms with Gasteiger partial charge in [0, 0.05) is 26.2 Å². The summed E-state index contributed by atoms with van der Waals surface area (Å²) in [4.78, 5) is 17.6. The number of nitrogens with one attached hydrogen (secondary N) is 1. The smallest absolute Gasteiger partial charge is 0.337 e. The van der Waals surface area contributed by atoms with Gasteiger partial charge >= 0.3 is 5.97 Å². The first-order chi connectivity index (χ1) is 10.6. The summed E-state index contributed by atoms with van der Waals surface area (Å²) in [6.45, 7) is 4.73. The minimum absolute atomic E-state index is 0.113. The molecule has 0 saturated carbocycles. The fraction of sp³-hybridized carbons (Fsp3) is 0.462. The van der Waals surface area contributed by atoms with E-state index in [9.17, 15) is 9.90 Å². The highest BCUT2D eigenvalue weighted by molar-refractivity contribution is 5.95. The summed E-state index contributed by atoms with van der Waals surface area (Å²) in [7, 11) is 0. The molecule has 0 unspecified atom stereocenters. The minimum atomic E-state index is -1.02. The number of nitrogen functional groups attached to an aromatic ring is 1. The van der Waals surface area contributed by atoms with Crippen LogP contribution in [-0.2, 0) is 4.74 Å². The molecule has 4 N–H and O–H groups in total. The fourth-order valence-corrected chi connectivity index (χ4v) is 2.44. The lowest BCUT2D eigenvalue weighted by molar-refractivity contribution is 0.0398. The molecule has 0 amide bonds. The van der Waals surface area contributed by atoms with Crippen LogP contribution < -0.4 is 11.1 Å². The van der Waals surface area contributed by atoms with Gasteiger partial charge in [-0.05, 0) is 6.07 Å². The summed E-state index contributed by atoms with van der Waals surface area (Å²) in [6.07, 6.45) is 1.60. The lowest BCUT2D eigenvalue weighted by atomic mass is 10.2. The molecule has 1 fully saturated rings. The van der Waals surface area contributed by atoms with Crippen LogP contribution in [0.25, 0.3) is 5.65 Å². The standard InChI is InChI=1S/C13H18N6O3/c14-13-16-11-7-9(12(20)21)10(8-19(11)17-13)15-1-2-18-3-5-22-6-4-18/h7-8,15H,1-6H2,(H2,14,17)(H,20,21). The number of morpholine rings is 1. The van der Waals surface area contributed by atoms with Crippen LogP contribution in [0.15, 0.2) is 12.3 Å². The first kappa shape index (κ1) is 14.5. The Kier molecular flexibility index (Phi) is 4.07. The van der Waals surface area contributed by atoms with Crippen LogP contribution in [0, 0.1) is 0 Å². The van der Waals surface area contributed by atoms with Gasteiger partial charge in [-0.3, -0.25) is 4.90 Å². The largest absolute Gasteiger partial charge is 0.478 e. The molecular weight excluding hydrogens is 288 g/mol. The van der Waals surface area contributed by atoms with Crippen LogP contribution in [0.5, 0.6) is 0 Å². The molecule has 0 radical (unpaired) electrons. The van der Waals surface area contributed by atoms with Crippen molar-refractivity contribution in [2.75, 3.05) is 50.4 Å². The van der Waals surface area contributed by atoms with E-state index in [1.165, 1.54) is 10.6 Å². The summed E-state index contributed by atoms with van der Waals surface area (Å²) in [5, 5.41) is 16.5. The van der Waals surface area contributed by atoms with Crippen LogP contribution in [0.2, 0.25) is 0 Å². The number of ether oxygens (including phenoxy) is 1. The Morgan fingerprint density at radius 1 is 1.45 bits per heavy atom. The Balaban J connectivity index is 1.73. The number of nitrogens with zero attached hydrogens (tertiary/aromatic N) is 4. The van der Waals surface area contributed by atoms with Gasteiger partial charge in [-0.1, -0.05) is 0 Å². The zero-order valence-electron chi connectivity index (χ0n) is 12.0. The number of carboxylic acids is 1. The Labute approximate surface area is 126 Å². The first-order valence-electron chi connectivity index (χ1n) is 7.06. The molecule has 2 aromatic rings. The Morgan fingerprint density at radius 2 is 2.23 bits per heavy atom. The third-order valence-corrected chi connectivity index (χ3v) is 3.57.